The summed E-state index contributed by atoms with van der Waals surface area (Å²) in [4.78, 5) is 6.81. The lowest BCUT2D eigenvalue weighted by atomic mass is 10.0. The summed E-state index contributed by atoms with van der Waals surface area (Å²) in [5.74, 6) is 1.26. The highest BCUT2D eigenvalue weighted by atomic mass is 35.5. The number of anilines is 3. The van der Waals surface area contributed by atoms with Gasteiger partial charge in [-0.2, -0.15) is 10.1 Å². The van der Waals surface area contributed by atoms with Gasteiger partial charge in [-0.15, -0.1) is 5.10 Å². The average molecular weight is 338 g/mol. The van der Waals surface area contributed by atoms with Crippen LogP contribution < -0.4 is 10.2 Å². The number of hydrogen-bond acceptors (Lipinski definition) is 5. The molecule has 2 heterocycles. The van der Waals surface area contributed by atoms with Crippen LogP contribution >= 0.6 is 11.6 Å². The van der Waals surface area contributed by atoms with Crippen molar-refractivity contribution >= 4 is 29.1 Å². The highest BCUT2D eigenvalue weighted by molar-refractivity contribution is 6.33. The van der Waals surface area contributed by atoms with Gasteiger partial charge in [0.25, 0.3) is 0 Å². The second-order valence-electron chi connectivity index (χ2n) is 5.68. The van der Waals surface area contributed by atoms with E-state index in [4.69, 9.17) is 11.6 Å². The molecule has 1 aliphatic rings. The minimum Gasteiger partial charge on any atom is -0.350 e. The Labute approximate surface area is 145 Å². The van der Waals surface area contributed by atoms with E-state index in [-0.39, 0.29) is 0 Å². The molecule has 0 bridgehead atoms. The van der Waals surface area contributed by atoms with Crippen molar-refractivity contribution in [3.63, 3.8) is 0 Å². The second-order valence-corrected chi connectivity index (χ2v) is 6.09. The van der Waals surface area contributed by atoms with Crippen molar-refractivity contribution in [2.45, 2.75) is 13.0 Å². The number of halogens is 1. The molecule has 4 rings (SSSR count). The molecule has 0 fully saturated rings. The smallest absolute Gasteiger partial charge is 0.249 e. The van der Waals surface area contributed by atoms with E-state index in [9.17, 15) is 0 Å². The molecule has 24 heavy (non-hydrogen) atoms. The summed E-state index contributed by atoms with van der Waals surface area (Å²) in [6, 6.07) is 16.0. The van der Waals surface area contributed by atoms with E-state index in [2.05, 4.69) is 49.7 Å². The van der Waals surface area contributed by atoms with E-state index < -0.39 is 0 Å². The van der Waals surface area contributed by atoms with Crippen LogP contribution in [0, 0.1) is 0 Å². The molecule has 0 saturated heterocycles. The molecular weight excluding hydrogens is 322 g/mol. The van der Waals surface area contributed by atoms with Gasteiger partial charge in [-0.1, -0.05) is 48.0 Å². The van der Waals surface area contributed by atoms with Gasteiger partial charge in [0.2, 0.25) is 5.95 Å². The predicted octanol–water partition coefficient (Wildman–Crippen LogP) is 3.83. The topological polar surface area (TPSA) is 53.9 Å². The summed E-state index contributed by atoms with van der Waals surface area (Å²) in [6.07, 6.45) is 2.71. The molecule has 2 aromatic carbocycles. The highest BCUT2D eigenvalue weighted by Crippen LogP contribution is 2.25. The maximum Gasteiger partial charge on any atom is 0.249 e. The third-order valence-electron chi connectivity index (χ3n) is 4.12. The summed E-state index contributed by atoms with van der Waals surface area (Å²) in [5, 5.41) is 11.9. The lowest BCUT2D eigenvalue weighted by molar-refractivity contribution is 0.715. The van der Waals surface area contributed by atoms with Crippen molar-refractivity contribution in [1.82, 2.24) is 15.2 Å². The third-order valence-corrected chi connectivity index (χ3v) is 4.45. The molecule has 1 aliphatic heterocycles. The van der Waals surface area contributed by atoms with Crippen LogP contribution in [-0.2, 0) is 13.0 Å². The van der Waals surface area contributed by atoms with Crippen molar-refractivity contribution in [3.05, 3.63) is 70.9 Å². The maximum absolute atomic E-state index is 6.17. The van der Waals surface area contributed by atoms with Crippen LogP contribution in [-0.4, -0.2) is 21.7 Å². The largest absolute Gasteiger partial charge is 0.350 e. The van der Waals surface area contributed by atoms with Crippen LogP contribution in [0.25, 0.3) is 0 Å². The first-order valence-electron chi connectivity index (χ1n) is 7.82. The molecule has 120 valence electrons. The fourth-order valence-electron chi connectivity index (χ4n) is 2.87. The summed E-state index contributed by atoms with van der Waals surface area (Å²) in [6.45, 7) is 1.75. The van der Waals surface area contributed by atoms with Crippen LogP contribution in [0.15, 0.2) is 54.7 Å². The van der Waals surface area contributed by atoms with Crippen LogP contribution in [0.5, 0.6) is 0 Å². The fraction of sp³-hybridized carbons (Fsp3) is 0.167. The quantitative estimate of drug-likeness (QED) is 0.787. The fourth-order valence-corrected chi connectivity index (χ4v) is 3.06. The van der Waals surface area contributed by atoms with Crippen molar-refractivity contribution < 1.29 is 0 Å². The lowest BCUT2D eigenvalue weighted by Gasteiger charge is -2.29. The minimum absolute atomic E-state index is 0.444. The summed E-state index contributed by atoms with van der Waals surface area (Å²) in [5.41, 5.74) is 3.51. The molecule has 0 spiro atoms. The Balaban J connectivity index is 1.56. The van der Waals surface area contributed by atoms with E-state index >= 15 is 0 Å². The number of rotatable bonds is 3. The van der Waals surface area contributed by atoms with Crippen LogP contribution in [0.2, 0.25) is 5.02 Å². The Morgan fingerprint density at radius 3 is 2.67 bits per heavy atom. The van der Waals surface area contributed by atoms with Crippen LogP contribution in [0.4, 0.5) is 17.5 Å². The van der Waals surface area contributed by atoms with Crippen LogP contribution in [0.3, 0.4) is 0 Å². The lowest BCUT2D eigenvalue weighted by Crippen LogP contribution is -2.31. The van der Waals surface area contributed by atoms with Gasteiger partial charge in [0.15, 0.2) is 5.82 Å². The predicted molar refractivity (Wildman–Crippen MR) is 95.8 cm³/mol. The number of benzene rings is 2. The van der Waals surface area contributed by atoms with Crippen molar-refractivity contribution in [2.75, 3.05) is 16.8 Å². The Morgan fingerprint density at radius 1 is 1.00 bits per heavy atom. The van der Waals surface area contributed by atoms with Gasteiger partial charge < -0.3 is 10.2 Å². The van der Waals surface area contributed by atoms with E-state index in [0.717, 1.165) is 31.0 Å². The Hall–Kier alpha value is -2.66. The van der Waals surface area contributed by atoms with Gasteiger partial charge in [0.1, 0.15) is 0 Å². The average Bonchev–Trinajstić information content (AvgIpc) is 2.63. The molecule has 0 amide bonds. The number of para-hydroxylation sites is 1. The first-order chi connectivity index (χ1) is 11.8. The molecule has 0 aliphatic carbocycles. The SMILES string of the molecule is Clc1ccccc1Nc1nncc(N2CCc3ccccc3C2)n1. The molecule has 1 aromatic heterocycles. The van der Waals surface area contributed by atoms with Gasteiger partial charge >= 0.3 is 0 Å². The third kappa shape index (κ3) is 3.03. The van der Waals surface area contributed by atoms with Gasteiger partial charge in [-0.25, -0.2) is 0 Å². The summed E-state index contributed by atoms with van der Waals surface area (Å²) >= 11 is 6.17. The van der Waals surface area contributed by atoms with Crippen LogP contribution in [0.1, 0.15) is 11.1 Å². The molecule has 0 radical (unpaired) electrons. The molecule has 0 saturated carbocycles. The molecule has 0 atom stereocenters. The molecule has 6 heteroatoms. The van der Waals surface area contributed by atoms with Gasteiger partial charge in [-0.05, 0) is 29.7 Å². The number of nitrogens with one attached hydrogen (secondary N) is 1. The Kier molecular flexibility index (Phi) is 4.01. The molecule has 1 N–H and O–H groups in total. The highest BCUT2D eigenvalue weighted by Gasteiger charge is 2.18. The van der Waals surface area contributed by atoms with Crippen molar-refractivity contribution in [3.8, 4) is 0 Å². The number of aromatic nitrogens is 3. The van der Waals surface area contributed by atoms with E-state index in [1.54, 1.807) is 6.20 Å². The van der Waals surface area contributed by atoms with Crippen molar-refractivity contribution in [1.29, 1.82) is 0 Å². The molecule has 0 unspecified atom stereocenters. The number of fused-ring (bicyclic) bond motifs is 1. The van der Waals surface area contributed by atoms with E-state index in [0.29, 0.717) is 11.0 Å². The normalized spacial score (nSPS) is 13.5. The zero-order valence-corrected chi connectivity index (χ0v) is 13.7. The van der Waals surface area contributed by atoms with Gasteiger partial charge in [-0.3, -0.25) is 0 Å². The first kappa shape index (κ1) is 14.9. The zero-order valence-electron chi connectivity index (χ0n) is 13.0. The van der Waals surface area contributed by atoms with Crippen molar-refractivity contribution in [2.24, 2.45) is 0 Å². The monoisotopic (exact) mass is 337 g/mol. The first-order valence-corrected chi connectivity index (χ1v) is 8.20. The second kappa shape index (κ2) is 6.45. The number of nitrogens with zero attached hydrogens (tertiary/aromatic N) is 4. The molecular formula is C18H16ClN5. The summed E-state index contributed by atoms with van der Waals surface area (Å²) < 4.78 is 0. The minimum atomic E-state index is 0.444. The Bertz CT molecular complexity index is 867. The zero-order chi connectivity index (χ0) is 16.4. The van der Waals surface area contributed by atoms with E-state index in [1.807, 2.05) is 24.3 Å². The van der Waals surface area contributed by atoms with Gasteiger partial charge in [0, 0.05) is 13.1 Å². The molecule has 3 aromatic rings. The number of hydrogen-bond donors (Lipinski definition) is 1. The van der Waals surface area contributed by atoms with E-state index in [1.165, 1.54) is 11.1 Å². The maximum atomic E-state index is 6.17. The Morgan fingerprint density at radius 2 is 1.79 bits per heavy atom. The standard InChI is InChI=1S/C18H16ClN5/c19-15-7-3-4-8-16(15)21-18-22-17(11-20-23-18)24-10-9-13-5-1-2-6-14(13)12-24/h1-8,11H,9-10,12H2,(H,21,22,23). The molecule has 5 nitrogen and oxygen atoms in total. The van der Waals surface area contributed by atoms with Gasteiger partial charge in [0.05, 0.1) is 16.9 Å². The summed E-state index contributed by atoms with van der Waals surface area (Å²) in [7, 11) is 0.